The molecule has 0 saturated heterocycles. The number of benzene rings is 2. The molecule has 0 aliphatic heterocycles. The van der Waals surface area contributed by atoms with Crippen LogP contribution in [0.2, 0.25) is 10.0 Å². The van der Waals surface area contributed by atoms with Crippen molar-refractivity contribution in [3.63, 3.8) is 0 Å². The Balaban J connectivity index is 1.89. The predicted octanol–water partition coefficient (Wildman–Crippen LogP) is 4.73. The van der Waals surface area contributed by atoms with Crippen LogP contribution in [0.5, 0.6) is 0 Å². The summed E-state index contributed by atoms with van der Waals surface area (Å²) in [5.41, 5.74) is 2.65. The minimum atomic E-state index is -0.178. The van der Waals surface area contributed by atoms with Crippen molar-refractivity contribution in [2.24, 2.45) is 0 Å². The maximum absolute atomic E-state index is 12.7. The molecule has 4 nitrogen and oxygen atoms in total. The second-order valence-electron chi connectivity index (χ2n) is 5.18. The first-order valence-corrected chi connectivity index (χ1v) is 7.92. The molecule has 0 bridgehead atoms. The number of anilines is 1. The molecule has 2 aromatic carbocycles. The summed E-state index contributed by atoms with van der Waals surface area (Å²) in [5.74, 6) is -0.178. The second-order valence-corrected chi connectivity index (χ2v) is 6.05. The average molecular weight is 358 g/mol. The van der Waals surface area contributed by atoms with E-state index in [1.54, 1.807) is 54.4 Å². The van der Waals surface area contributed by atoms with E-state index in [0.717, 1.165) is 11.3 Å². The number of halogens is 2. The molecule has 6 heteroatoms. The van der Waals surface area contributed by atoms with Crippen LogP contribution in [0.25, 0.3) is 11.3 Å². The monoisotopic (exact) mass is 357 g/mol. The van der Waals surface area contributed by atoms with Gasteiger partial charge in [-0.3, -0.25) is 4.79 Å². The summed E-state index contributed by atoms with van der Waals surface area (Å²) < 4.78 is 0. The van der Waals surface area contributed by atoms with Gasteiger partial charge in [-0.25, -0.2) is 0 Å². The van der Waals surface area contributed by atoms with E-state index in [0.29, 0.717) is 21.3 Å². The predicted molar refractivity (Wildman–Crippen MR) is 96.7 cm³/mol. The number of rotatable bonds is 3. The van der Waals surface area contributed by atoms with Crippen LogP contribution >= 0.6 is 23.2 Å². The van der Waals surface area contributed by atoms with Crippen molar-refractivity contribution in [3.8, 4) is 11.3 Å². The molecular formula is C18H13Cl2N3O. The van der Waals surface area contributed by atoms with E-state index in [9.17, 15) is 4.79 Å². The standard InChI is InChI=1S/C18H13Cl2N3O/c1-23(16-8-6-15(20)7-9-16)18(24)13-10-17(22-21-11-13)12-2-4-14(19)5-3-12/h2-11H,1H3. The van der Waals surface area contributed by atoms with Crippen molar-refractivity contribution in [2.45, 2.75) is 0 Å². The number of carbonyl (C=O) groups is 1. The highest BCUT2D eigenvalue weighted by Gasteiger charge is 2.15. The van der Waals surface area contributed by atoms with Crippen LogP contribution in [0.4, 0.5) is 5.69 Å². The van der Waals surface area contributed by atoms with Crippen LogP contribution in [0.1, 0.15) is 10.4 Å². The Labute approximate surface area is 149 Å². The molecule has 0 saturated carbocycles. The van der Waals surface area contributed by atoms with Gasteiger partial charge in [0.15, 0.2) is 0 Å². The maximum atomic E-state index is 12.7. The zero-order valence-electron chi connectivity index (χ0n) is 12.8. The molecule has 0 unspecified atom stereocenters. The van der Waals surface area contributed by atoms with Gasteiger partial charge in [0.25, 0.3) is 5.91 Å². The van der Waals surface area contributed by atoms with Crippen molar-refractivity contribution in [1.82, 2.24) is 10.2 Å². The minimum absolute atomic E-state index is 0.178. The summed E-state index contributed by atoms with van der Waals surface area (Å²) >= 11 is 11.8. The van der Waals surface area contributed by atoms with E-state index in [-0.39, 0.29) is 5.91 Å². The smallest absolute Gasteiger partial charge is 0.259 e. The van der Waals surface area contributed by atoms with Crippen molar-refractivity contribution in [3.05, 3.63) is 76.4 Å². The summed E-state index contributed by atoms with van der Waals surface area (Å²) in [4.78, 5) is 14.2. The van der Waals surface area contributed by atoms with E-state index >= 15 is 0 Å². The van der Waals surface area contributed by atoms with Crippen molar-refractivity contribution < 1.29 is 4.79 Å². The van der Waals surface area contributed by atoms with Crippen LogP contribution in [0, 0.1) is 0 Å². The van der Waals surface area contributed by atoms with Crippen LogP contribution in [0.15, 0.2) is 60.8 Å². The number of hydrogen-bond donors (Lipinski definition) is 0. The lowest BCUT2D eigenvalue weighted by atomic mass is 10.1. The Hall–Kier alpha value is -2.43. The van der Waals surface area contributed by atoms with E-state index in [1.165, 1.54) is 6.20 Å². The molecule has 0 N–H and O–H groups in total. The normalized spacial score (nSPS) is 10.5. The number of hydrogen-bond acceptors (Lipinski definition) is 3. The van der Waals surface area contributed by atoms with Gasteiger partial charge in [0.2, 0.25) is 0 Å². The molecule has 0 radical (unpaired) electrons. The summed E-state index contributed by atoms with van der Waals surface area (Å²) in [6.07, 6.45) is 1.45. The molecule has 0 aliphatic carbocycles. The Bertz CT molecular complexity index is 864. The van der Waals surface area contributed by atoms with Gasteiger partial charge in [-0.1, -0.05) is 35.3 Å². The molecule has 1 amide bonds. The maximum Gasteiger partial charge on any atom is 0.259 e. The third-order valence-electron chi connectivity index (χ3n) is 3.56. The average Bonchev–Trinajstić information content (AvgIpc) is 2.62. The van der Waals surface area contributed by atoms with Gasteiger partial charge in [-0.2, -0.15) is 10.2 Å². The third-order valence-corrected chi connectivity index (χ3v) is 4.06. The number of amides is 1. The molecule has 24 heavy (non-hydrogen) atoms. The molecule has 120 valence electrons. The minimum Gasteiger partial charge on any atom is -0.311 e. The first-order chi connectivity index (χ1) is 11.5. The molecule has 0 aliphatic rings. The highest BCUT2D eigenvalue weighted by atomic mass is 35.5. The molecule has 3 aromatic rings. The molecule has 0 fully saturated rings. The largest absolute Gasteiger partial charge is 0.311 e. The van der Waals surface area contributed by atoms with Gasteiger partial charge in [-0.15, -0.1) is 0 Å². The van der Waals surface area contributed by atoms with Gasteiger partial charge in [0.05, 0.1) is 17.5 Å². The topological polar surface area (TPSA) is 46.1 Å². The molecule has 1 aromatic heterocycles. The molecule has 3 rings (SSSR count). The zero-order valence-corrected chi connectivity index (χ0v) is 14.3. The van der Waals surface area contributed by atoms with Gasteiger partial charge >= 0.3 is 0 Å². The lowest BCUT2D eigenvalue weighted by Crippen LogP contribution is -2.26. The van der Waals surface area contributed by atoms with Gasteiger partial charge < -0.3 is 4.90 Å². The summed E-state index contributed by atoms with van der Waals surface area (Å²) in [5, 5.41) is 9.29. The fourth-order valence-electron chi connectivity index (χ4n) is 2.22. The third kappa shape index (κ3) is 3.55. The summed E-state index contributed by atoms with van der Waals surface area (Å²) in [6, 6.07) is 16.0. The van der Waals surface area contributed by atoms with Crippen molar-refractivity contribution in [1.29, 1.82) is 0 Å². The zero-order chi connectivity index (χ0) is 17.1. The van der Waals surface area contributed by atoms with Crippen LogP contribution < -0.4 is 4.90 Å². The highest BCUT2D eigenvalue weighted by molar-refractivity contribution is 6.31. The van der Waals surface area contributed by atoms with Gasteiger partial charge in [-0.05, 0) is 42.5 Å². The Kier molecular flexibility index (Phi) is 4.79. The van der Waals surface area contributed by atoms with E-state index < -0.39 is 0 Å². The molecule has 1 heterocycles. The first-order valence-electron chi connectivity index (χ1n) is 7.17. The lowest BCUT2D eigenvalue weighted by Gasteiger charge is -2.17. The van der Waals surface area contributed by atoms with Crippen LogP contribution in [-0.2, 0) is 0 Å². The van der Waals surface area contributed by atoms with E-state index in [2.05, 4.69) is 10.2 Å². The molecule has 0 atom stereocenters. The molecule has 0 spiro atoms. The Morgan fingerprint density at radius 2 is 1.54 bits per heavy atom. The quantitative estimate of drug-likeness (QED) is 0.680. The Morgan fingerprint density at radius 1 is 0.958 bits per heavy atom. The van der Waals surface area contributed by atoms with Crippen LogP contribution in [0.3, 0.4) is 0 Å². The lowest BCUT2D eigenvalue weighted by molar-refractivity contribution is 0.0992. The second kappa shape index (κ2) is 6.99. The fraction of sp³-hybridized carbons (Fsp3) is 0.0556. The highest BCUT2D eigenvalue weighted by Crippen LogP contribution is 2.22. The van der Waals surface area contributed by atoms with Crippen molar-refractivity contribution in [2.75, 3.05) is 11.9 Å². The summed E-state index contributed by atoms with van der Waals surface area (Å²) in [7, 11) is 1.70. The number of aromatic nitrogens is 2. The van der Waals surface area contributed by atoms with Crippen LogP contribution in [-0.4, -0.2) is 23.2 Å². The summed E-state index contributed by atoms with van der Waals surface area (Å²) in [6.45, 7) is 0. The SMILES string of the molecule is CN(C(=O)c1cnnc(-c2ccc(Cl)cc2)c1)c1ccc(Cl)cc1. The van der Waals surface area contributed by atoms with Crippen molar-refractivity contribution >= 4 is 34.8 Å². The van der Waals surface area contributed by atoms with E-state index in [1.807, 2.05) is 12.1 Å². The van der Waals surface area contributed by atoms with Gasteiger partial charge in [0.1, 0.15) is 0 Å². The van der Waals surface area contributed by atoms with Gasteiger partial charge in [0, 0.05) is 28.3 Å². The number of nitrogens with zero attached hydrogens (tertiary/aromatic N) is 3. The molecular weight excluding hydrogens is 345 g/mol. The first kappa shape index (κ1) is 16.4. The number of carbonyl (C=O) groups excluding carboxylic acids is 1. The fourth-order valence-corrected chi connectivity index (χ4v) is 2.47. The Morgan fingerprint density at radius 3 is 2.17 bits per heavy atom. The van der Waals surface area contributed by atoms with E-state index in [4.69, 9.17) is 23.2 Å².